The van der Waals surface area contributed by atoms with Crippen LogP contribution in [0.4, 0.5) is 0 Å². The largest absolute Gasteiger partial charge is 0.494 e. The number of nitrogens with one attached hydrogen (secondary N) is 1. The molecule has 0 fully saturated rings. The molecule has 19 heavy (non-hydrogen) atoms. The van der Waals surface area contributed by atoms with Crippen LogP contribution in [-0.2, 0) is 0 Å². The zero-order valence-electron chi connectivity index (χ0n) is 12.0. The van der Waals surface area contributed by atoms with Gasteiger partial charge in [-0.3, -0.25) is 0 Å². The van der Waals surface area contributed by atoms with Crippen LogP contribution >= 0.6 is 0 Å². The molecule has 0 aliphatic heterocycles. The van der Waals surface area contributed by atoms with Crippen molar-refractivity contribution >= 4 is 0 Å². The molecule has 0 bridgehead atoms. The van der Waals surface area contributed by atoms with Crippen molar-refractivity contribution in [3.8, 4) is 5.75 Å². The molecule has 0 spiro atoms. The monoisotopic (exact) mass is 259 g/mol. The zero-order valence-corrected chi connectivity index (χ0v) is 12.0. The number of hydrogen-bond acceptors (Lipinski definition) is 3. The fourth-order valence-corrected chi connectivity index (χ4v) is 2.29. The van der Waals surface area contributed by atoms with E-state index < -0.39 is 0 Å². The Morgan fingerprint density at radius 1 is 1.26 bits per heavy atom. The molecule has 0 saturated heterocycles. The van der Waals surface area contributed by atoms with Gasteiger partial charge in [0, 0.05) is 5.56 Å². The van der Waals surface area contributed by atoms with Crippen molar-refractivity contribution in [3.63, 3.8) is 0 Å². The summed E-state index contributed by atoms with van der Waals surface area (Å²) in [5.41, 5.74) is 3.47. The summed E-state index contributed by atoms with van der Waals surface area (Å²) >= 11 is 0. The van der Waals surface area contributed by atoms with Crippen molar-refractivity contribution < 1.29 is 9.15 Å². The number of hydrogen-bond donors (Lipinski definition) is 1. The van der Waals surface area contributed by atoms with Gasteiger partial charge in [-0.15, -0.1) is 0 Å². The highest BCUT2D eigenvalue weighted by Gasteiger charge is 2.21. The van der Waals surface area contributed by atoms with E-state index in [1.165, 1.54) is 5.56 Å². The highest BCUT2D eigenvalue weighted by Crippen LogP contribution is 2.32. The summed E-state index contributed by atoms with van der Waals surface area (Å²) in [5, 5.41) is 3.31. The predicted octanol–water partition coefficient (Wildman–Crippen LogP) is 3.60. The van der Waals surface area contributed by atoms with Crippen LogP contribution in [0.3, 0.4) is 0 Å². The van der Waals surface area contributed by atoms with E-state index in [9.17, 15) is 0 Å². The van der Waals surface area contributed by atoms with Gasteiger partial charge in [0.15, 0.2) is 0 Å². The van der Waals surface area contributed by atoms with Crippen LogP contribution in [0.1, 0.15) is 35.4 Å². The first kappa shape index (κ1) is 13.7. The summed E-state index contributed by atoms with van der Waals surface area (Å²) in [4.78, 5) is 0. The Bertz CT molecular complexity index is 545. The Balaban J connectivity index is 2.48. The zero-order chi connectivity index (χ0) is 13.8. The summed E-state index contributed by atoms with van der Waals surface area (Å²) in [6, 6.07) is 8.23. The average molecular weight is 259 g/mol. The van der Waals surface area contributed by atoms with Crippen molar-refractivity contribution in [2.45, 2.75) is 26.8 Å². The van der Waals surface area contributed by atoms with E-state index in [-0.39, 0.29) is 6.04 Å². The van der Waals surface area contributed by atoms with Crippen LogP contribution in [0.5, 0.6) is 5.75 Å². The minimum Gasteiger partial charge on any atom is -0.494 e. The molecule has 102 valence electrons. The molecule has 2 rings (SSSR count). The molecule has 0 aliphatic carbocycles. The smallest absolute Gasteiger partial charge is 0.128 e. The van der Waals surface area contributed by atoms with Crippen molar-refractivity contribution in [2.24, 2.45) is 0 Å². The summed E-state index contributed by atoms with van der Waals surface area (Å²) in [6.45, 7) is 6.79. The molecule has 0 saturated carbocycles. The summed E-state index contributed by atoms with van der Waals surface area (Å²) in [6.07, 6.45) is 1.73. The number of rotatable bonds is 5. The third-order valence-electron chi connectivity index (χ3n) is 3.23. The van der Waals surface area contributed by atoms with E-state index in [2.05, 4.69) is 31.3 Å². The van der Waals surface area contributed by atoms with E-state index in [4.69, 9.17) is 9.15 Å². The third-order valence-corrected chi connectivity index (χ3v) is 3.23. The Labute approximate surface area is 114 Å². The quantitative estimate of drug-likeness (QED) is 0.890. The fraction of sp³-hybridized carbons (Fsp3) is 0.375. The number of aryl methyl sites for hydroxylation is 2. The summed E-state index contributed by atoms with van der Waals surface area (Å²) in [5.74, 6) is 1.84. The van der Waals surface area contributed by atoms with Gasteiger partial charge in [0.25, 0.3) is 0 Å². The molecule has 1 aromatic carbocycles. The molecule has 0 aliphatic rings. The second-order valence-corrected chi connectivity index (χ2v) is 4.66. The normalized spacial score (nSPS) is 12.4. The van der Waals surface area contributed by atoms with Gasteiger partial charge in [-0.05, 0) is 45.5 Å². The van der Waals surface area contributed by atoms with E-state index >= 15 is 0 Å². The van der Waals surface area contributed by atoms with E-state index in [1.807, 2.05) is 26.1 Å². The van der Waals surface area contributed by atoms with Crippen molar-refractivity contribution in [2.75, 3.05) is 13.7 Å². The lowest BCUT2D eigenvalue weighted by atomic mass is 9.99. The summed E-state index contributed by atoms with van der Waals surface area (Å²) in [7, 11) is 1.94. The van der Waals surface area contributed by atoms with E-state index in [0.29, 0.717) is 6.61 Å². The van der Waals surface area contributed by atoms with Crippen LogP contribution in [0.2, 0.25) is 0 Å². The lowest BCUT2D eigenvalue weighted by molar-refractivity contribution is 0.331. The van der Waals surface area contributed by atoms with Gasteiger partial charge in [-0.25, -0.2) is 0 Å². The number of furan rings is 1. The lowest BCUT2D eigenvalue weighted by Gasteiger charge is -2.19. The van der Waals surface area contributed by atoms with Crippen molar-refractivity contribution in [1.29, 1.82) is 0 Å². The highest BCUT2D eigenvalue weighted by molar-refractivity contribution is 5.43. The van der Waals surface area contributed by atoms with Gasteiger partial charge in [-0.1, -0.05) is 17.7 Å². The molecule has 1 N–H and O–H groups in total. The molecule has 0 amide bonds. The van der Waals surface area contributed by atoms with Crippen LogP contribution in [0, 0.1) is 13.8 Å². The predicted molar refractivity (Wildman–Crippen MR) is 76.7 cm³/mol. The van der Waals surface area contributed by atoms with Crippen LogP contribution < -0.4 is 10.1 Å². The SMILES string of the molecule is CCOc1ccc(C)cc1C(NC)c1occc1C. The third kappa shape index (κ3) is 2.82. The Morgan fingerprint density at radius 2 is 2.05 bits per heavy atom. The Kier molecular flexibility index (Phi) is 4.27. The molecule has 3 heteroatoms. The van der Waals surface area contributed by atoms with Gasteiger partial charge < -0.3 is 14.5 Å². The molecular formula is C16H21NO2. The topological polar surface area (TPSA) is 34.4 Å². The second kappa shape index (κ2) is 5.93. The van der Waals surface area contributed by atoms with Gasteiger partial charge in [0.05, 0.1) is 18.9 Å². The molecule has 1 aromatic heterocycles. The molecule has 1 heterocycles. The fourth-order valence-electron chi connectivity index (χ4n) is 2.29. The highest BCUT2D eigenvalue weighted by atomic mass is 16.5. The first-order chi connectivity index (χ1) is 9.17. The van der Waals surface area contributed by atoms with Gasteiger partial charge in [0.1, 0.15) is 11.5 Å². The Hall–Kier alpha value is -1.74. The maximum atomic E-state index is 5.73. The van der Waals surface area contributed by atoms with Crippen LogP contribution in [0.25, 0.3) is 0 Å². The first-order valence-electron chi connectivity index (χ1n) is 6.62. The standard InChI is InChI=1S/C16H21NO2/c1-5-18-14-7-6-11(2)10-13(14)15(17-4)16-12(3)8-9-19-16/h6-10,15,17H,5H2,1-4H3. The maximum Gasteiger partial charge on any atom is 0.128 e. The molecule has 3 nitrogen and oxygen atoms in total. The lowest BCUT2D eigenvalue weighted by Crippen LogP contribution is -2.19. The molecular weight excluding hydrogens is 238 g/mol. The summed E-state index contributed by atoms with van der Waals surface area (Å²) < 4.78 is 11.4. The van der Waals surface area contributed by atoms with Gasteiger partial charge in [0.2, 0.25) is 0 Å². The van der Waals surface area contributed by atoms with E-state index in [1.54, 1.807) is 6.26 Å². The van der Waals surface area contributed by atoms with E-state index in [0.717, 1.165) is 22.6 Å². The number of benzene rings is 1. The molecule has 0 radical (unpaired) electrons. The van der Waals surface area contributed by atoms with Crippen LogP contribution in [-0.4, -0.2) is 13.7 Å². The second-order valence-electron chi connectivity index (χ2n) is 4.66. The minimum atomic E-state index is 0.0106. The van der Waals surface area contributed by atoms with Crippen molar-refractivity contribution in [1.82, 2.24) is 5.32 Å². The maximum absolute atomic E-state index is 5.73. The molecule has 2 aromatic rings. The molecule has 1 unspecified atom stereocenters. The van der Waals surface area contributed by atoms with Gasteiger partial charge >= 0.3 is 0 Å². The minimum absolute atomic E-state index is 0.0106. The van der Waals surface area contributed by atoms with Crippen LogP contribution in [0.15, 0.2) is 34.9 Å². The van der Waals surface area contributed by atoms with Crippen molar-refractivity contribution in [3.05, 3.63) is 53.0 Å². The Morgan fingerprint density at radius 3 is 2.63 bits per heavy atom. The molecule has 1 atom stereocenters. The average Bonchev–Trinajstić information content (AvgIpc) is 2.80. The first-order valence-corrected chi connectivity index (χ1v) is 6.62. The van der Waals surface area contributed by atoms with Gasteiger partial charge in [-0.2, -0.15) is 0 Å². The number of ether oxygens (including phenoxy) is 1.